The van der Waals surface area contributed by atoms with Crippen molar-refractivity contribution >= 4 is 50.2 Å². The van der Waals surface area contributed by atoms with Gasteiger partial charge in [-0.15, -0.1) is 0 Å². The zero-order valence-electron chi connectivity index (χ0n) is 21.9. The van der Waals surface area contributed by atoms with Crippen LogP contribution >= 0.6 is 11.8 Å². The first kappa shape index (κ1) is 31.3. The topological polar surface area (TPSA) is 217 Å². The molecule has 0 spiro atoms. The molecule has 1 aliphatic heterocycles. The van der Waals surface area contributed by atoms with Gasteiger partial charge in [-0.25, -0.2) is 9.08 Å². The number of hydrogen-bond acceptors (Lipinski definition) is 13. The second-order valence-electron chi connectivity index (χ2n) is 9.05. The maximum Gasteiger partial charge on any atom is 0.466 e. The second-order valence-corrected chi connectivity index (χ2v) is 11.2. The van der Waals surface area contributed by atoms with Crippen LogP contribution in [0, 0.1) is 0 Å². The number of carbonyl (C=O) groups is 1. The van der Waals surface area contributed by atoms with Gasteiger partial charge in [-0.2, -0.15) is 8.42 Å². The number of methoxy groups -OCH3 is 1. The van der Waals surface area contributed by atoms with Crippen molar-refractivity contribution < 1.29 is 56.7 Å². The number of aromatic nitrogens is 1. The molecule has 1 aliphatic rings. The molecule has 226 valence electrons. The number of esters is 1. The van der Waals surface area contributed by atoms with E-state index in [9.17, 15) is 33.6 Å². The summed E-state index contributed by atoms with van der Waals surface area (Å²) in [6.07, 6.45) is -2.25. The normalized spacial score (nSPS) is 23.3. The van der Waals surface area contributed by atoms with E-state index in [1.165, 1.54) is 25.3 Å². The number of nitrogens with zero attached hydrogens (tertiary/aromatic N) is 1. The molecule has 5 atom stereocenters. The van der Waals surface area contributed by atoms with Crippen LogP contribution in [-0.2, 0) is 35.4 Å². The first-order valence-electron chi connectivity index (χ1n) is 12.3. The minimum Gasteiger partial charge on any atom is -0.504 e. The van der Waals surface area contributed by atoms with Crippen LogP contribution in [-0.4, -0.2) is 93.0 Å². The summed E-state index contributed by atoms with van der Waals surface area (Å²) in [6, 6.07) is 11.7. The summed E-state index contributed by atoms with van der Waals surface area (Å²) in [5.74, 6) is -0.697. The van der Waals surface area contributed by atoms with E-state index in [1.807, 2.05) is 18.2 Å². The predicted octanol–water partition coefficient (Wildman–Crippen LogP) is 1.35. The van der Waals surface area contributed by atoms with Gasteiger partial charge in [0.15, 0.2) is 11.5 Å². The Bertz CT molecular complexity index is 1570. The zero-order chi connectivity index (χ0) is 30.4. The number of nitrogens with one attached hydrogen (secondary N) is 1. The largest absolute Gasteiger partial charge is 0.504 e. The molecule has 1 aromatic heterocycles. The van der Waals surface area contributed by atoms with Crippen molar-refractivity contribution in [1.29, 1.82) is 0 Å². The van der Waals surface area contributed by atoms with Crippen molar-refractivity contribution in [2.45, 2.75) is 36.3 Å². The molecule has 2 aromatic carbocycles. The number of aliphatic hydroxyl groups excluding tert-OH is 3. The first-order chi connectivity index (χ1) is 19.9. The predicted molar refractivity (Wildman–Crippen MR) is 151 cm³/mol. The molecule has 0 amide bonds. The Morgan fingerprint density at radius 1 is 1.14 bits per heavy atom. The average molecular weight is 625 g/mol. The third-order valence-electron chi connectivity index (χ3n) is 6.18. The van der Waals surface area contributed by atoms with Gasteiger partial charge < -0.3 is 39.6 Å². The summed E-state index contributed by atoms with van der Waals surface area (Å²) in [4.78, 5) is 15.3. The van der Waals surface area contributed by atoms with E-state index >= 15 is 0 Å². The van der Waals surface area contributed by atoms with Crippen LogP contribution in [0.4, 0.5) is 0 Å². The van der Waals surface area contributed by atoms with Gasteiger partial charge in [-0.3, -0.25) is 4.55 Å². The molecule has 0 bridgehead atoms. The fraction of sp³-hybridized carbons (Fsp3) is 0.308. The minimum atomic E-state index is -4.96. The molecule has 0 aliphatic carbocycles. The van der Waals surface area contributed by atoms with Gasteiger partial charge in [0.1, 0.15) is 41.5 Å². The summed E-state index contributed by atoms with van der Waals surface area (Å²) in [5, 5.41) is 45.5. The second kappa shape index (κ2) is 13.6. The third-order valence-corrected chi connectivity index (χ3v) is 7.55. The van der Waals surface area contributed by atoms with Crippen LogP contribution in [0.3, 0.4) is 0 Å². The Kier molecular flexibility index (Phi) is 10.1. The van der Waals surface area contributed by atoms with Crippen LogP contribution in [0.5, 0.6) is 11.5 Å². The van der Waals surface area contributed by atoms with Gasteiger partial charge in [-0.05, 0) is 35.4 Å². The molecule has 4 rings (SSSR count). The van der Waals surface area contributed by atoms with E-state index in [4.69, 9.17) is 18.8 Å². The van der Waals surface area contributed by atoms with E-state index in [0.717, 1.165) is 17.0 Å². The van der Waals surface area contributed by atoms with Crippen LogP contribution in [0.1, 0.15) is 11.1 Å². The number of carbonyl (C=O) groups excluding carboxylic acids is 1. The zero-order valence-corrected chi connectivity index (χ0v) is 23.6. The minimum absolute atomic E-state index is 0.0270. The molecule has 2 heterocycles. The molecule has 0 saturated carbocycles. The number of aromatic amines is 1. The van der Waals surface area contributed by atoms with Crippen molar-refractivity contribution in [3.8, 4) is 11.5 Å². The summed E-state index contributed by atoms with van der Waals surface area (Å²) in [6.45, 7) is -0.518. The Hall–Kier alpha value is -3.64. The number of phenols is 1. The van der Waals surface area contributed by atoms with Crippen LogP contribution in [0.25, 0.3) is 17.0 Å². The van der Waals surface area contributed by atoms with E-state index in [2.05, 4.69) is 14.4 Å². The van der Waals surface area contributed by atoms with E-state index in [1.54, 1.807) is 18.3 Å². The highest BCUT2D eigenvalue weighted by atomic mass is 32.3. The van der Waals surface area contributed by atoms with Gasteiger partial charge >= 0.3 is 16.4 Å². The van der Waals surface area contributed by atoms with E-state index in [-0.39, 0.29) is 23.0 Å². The third kappa shape index (κ3) is 8.01. The molecule has 16 heteroatoms. The van der Waals surface area contributed by atoms with Crippen LogP contribution < -0.4 is 4.74 Å². The lowest BCUT2D eigenvalue weighted by molar-refractivity contribution is -0.209. The standard InChI is InChI=1S/C26H28N2O12S2/c1-37-19-8-6-14(10-18(19)29)7-9-22(30)38-13-20-23(31)24(32)25(33)26(39-20)41-21(28-40-42(34,35)36)11-15-12-27-17-5-3-2-4-16(15)17/h2-10,12,20,23-27,29,31-33H,11,13H2,1H3,(H,34,35,36)/b9-7+,28-21+/t20-,23-,24+,25-,26+/m1/s1. The number of ether oxygens (including phenoxy) is 3. The molecule has 42 heavy (non-hydrogen) atoms. The van der Waals surface area contributed by atoms with Gasteiger partial charge in [0.2, 0.25) is 0 Å². The number of oxime groups is 1. The highest BCUT2D eigenvalue weighted by molar-refractivity contribution is 8.14. The van der Waals surface area contributed by atoms with Crippen LogP contribution in [0.15, 0.2) is 59.9 Å². The molecule has 14 nitrogen and oxygen atoms in total. The number of fused-ring (bicyclic) bond motifs is 1. The fourth-order valence-corrected chi connectivity index (χ4v) is 5.42. The Morgan fingerprint density at radius 3 is 2.62 bits per heavy atom. The molecule has 1 fully saturated rings. The van der Waals surface area contributed by atoms with Crippen LogP contribution in [0.2, 0.25) is 0 Å². The lowest BCUT2D eigenvalue weighted by Gasteiger charge is -2.39. The number of benzene rings is 2. The Balaban J connectivity index is 1.44. The van der Waals surface area contributed by atoms with E-state index in [0.29, 0.717) is 22.9 Å². The number of para-hydroxylation sites is 1. The molecular weight excluding hydrogens is 596 g/mol. The van der Waals surface area contributed by atoms with Crippen molar-refractivity contribution in [2.75, 3.05) is 13.7 Å². The molecular formula is C26H28N2O12S2. The molecule has 1 saturated heterocycles. The Morgan fingerprint density at radius 2 is 1.90 bits per heavy atom. The summed E-state index contributed by atoms with van der Waals surface area (Å²) < 4.78 is 51.4. The first-order valence-corrected chi connectivity index (χ1v) is 14.6. The summed E-state index contributed by atoms with van der Waals surface area (Å²) >= 11 is 0.681. The van der Waals surface area contributed by atoms with Crippen molar-refractivity contribution in [2.24, 2.45) is 5.16 Å². The monoisotopic (exact) mass is 624 g/mol. The van der Waals surface area contributed by atoms with Gasteiger partial charge in [-0.1, -0.05) is 41.2 Å². The lowest BCUT2D eigenvalue weighted by atomic mass is 10.0. The Labute approximate surface area is 244 Å². The average Bonchev–Trinajstić information content (AvgIpc) is 3.36. The van der Waals surface area contributed by atoms with Gasteiger partial charge in [0.25, 0.3) is 0 Å². The maximum absolute atomic E-state index is 12.3. The summed E-state index contributed by atoms with van der Waals surface area (Å²) in [5.41, 5.74) is 0.617. The highest BCUT2D eigenvalue weighted by Crippen LogP contribution is 2.32. The smallest absolute Gasteiger partial charge is 0.466 e. The number of phenolic OH excluding ortho intramolecular Hbond substituents is 1. The number of aliphatic hydroxyl groups is 3. The molecule has 3 aromatic rings. The van der Waals surface area contributed by atoms with E-state index < -0.39 is 52.8 Å². The number of H-pyrrole nitrogens is 1. The molecule has 0 unspecified atom stereocenters. The lowest BCUT2D eigenvalue weighted by Crippen LogP contribution is -2.58. The van der Waals surface area contributed by atoms with Crippen molar-refractivity contribution in [3.63, 3.8) is 0 Å². The SMILES string of the molecule is COc1ccc(/C=C/C(=O)OC[C@H]2O[C@@H](S/C(Cc3c[nH]c4ccccc34)=N/OS(=O)(=O)O)[C@H](O)[C@@H](O)[C@@H]2O)cc1O. The van der Waals surface area contributed by atoms with Gasteiger partial charge in [0, 0.05) is 29.6 Å². The summed E-state index contributed by atoms with van der Waals surface area (Å²) in [7, 11) is -3.56. The quantitative estimate of drug-likeness (QED) is 0.0469. The molecule has 6 N–H and O–H groups in total. The molecule has 0 radical (unpaired) electrons. The number of aromatic hydroxyl groups is 1. The van der Waals surface area contributed by atoms with Gasteiger partial charge in [0.05, 0.1) is 7.11 Å². The maximum atomic E-state index is 12.3. The van der Waals surface area contributed by atoms with Crippen molar-refractivity contribution in [3.05, 3.63) is 65.9 Å². The van der Waals surface area contributed by atoms with Crippen molar-refractivity contribution in [1.82, 2.24) is 4.98 Å². The highest BCUT2D eigenvalue weighted by Gasteiger charge is 2.45. The number of thioether (sulfide) groups is 1. The number of hydrogen-bond donors (Lipinski definition) is 6. The number of rotatable bonds is 10. The fourth-order valence-electron chi connectivity index (χ4n) is 4.10.